The molecule has 3 aromatic rings. The van der Waals surface area contributed by atoms with Crippen molar-refractivity contribution in [2.24, 2.45) is 0 Å². The number of halogens is 1. The maximum Gasteiger partial charge on any atom is 0.247 e. The molecule has 0 aliphatic carbocycles. The van der Waals surface area contributed by atoms with Crippen LogP contribution in [-0.4, -0.2) is 16.1 Å². The fourth-order valence-electron chi connectivity index (χ4n) is 2.45. The Bertz CT molecular complexity index is 888. The highest BCUT2D eigenvalue weighted by Crippen LogP contribution is 2.19. The van der Waals surface area contributed by atoms with Gasteiger partial charge in [0.2, 0.25) is 17.7 Å². The van der Waals surface area contributed by atoms with Gasteiger partial charge in [-0.1, -0.05) is 17.7 Å². The van der Waals surface area contributed by atoms with Crippen LogP contribution in [0.25, 0.3) is 11.5 Å². The molecule has 0 aliphatic rings. The molecule has 6 heteroatoms. The molecule has 128 valence electrons. The zero-order chi connectivity index (χ0) is 17.8. The number of nitrogens with one attached hydrogen (secondary N) is 1. The average molecular weight is 339 g/mol. The molecule has 0 bridgehead atoms. The molecule has 0 atom stereocenters. The molecule has 0 radical (unpaired) electrons. The largest absolute Gasteiger partial charge is 0.421 e. The SMILES string of the molecule is Cc1ccc(NC(=O)CCc2nnc(-c3ccc(F)cc3)o2)c(C)c1. The highest BCUT2D eigenvalue weighted by molar-refractivity contribution is 5.91. The number of anilines is 1. The molecule has 0 saturated carbocycles. The van der Waals surface area contributed by atoms with Gasteiger partial charge in [-0.05, 0) is 49.7 Å². The van der Waals surface area contributed by atoms with Crippen molar-refractivity contribution in [1.29, 1.82) is 0 Å². The summed E-state index contributed by atoms with van der Waals surface area (Å²) in [6.45, 7) is 3.96. The third kappa shape index (κ3) is 4.29. The molecule has 3 rings (SSSR count). The van der Waals surface area contributed by atoms with Crippen LogP contribution in [0, 0.1) is 19.7 Å². The van der Waals surface area contributed by atoms with Crippen LogP contribution < -0.4 is 5.32 Å². The number of aromatic nitrogens is 2. The van der Waals surface area contributed by atoms with E-state index in [0.29, 0.717) is 23.8 Å². The number of hydrogen-bond acceptors (Lipinski definition) is 4. The zero-order valence-corrected chi connectivity index (χ0v) is 14.0. The van der Waals surface area contributed by atoms with E-state index in [1.807, 2.05) is 32.0 Å². The lowest BCUT2D eigenvalue weighted by Gasteiger charge is -2.08. The number of carbonyl (C=O) groups excluding carboxylic acids is 1. The molecule has 1 heterocycles. The first-order valence-electron chi connectivity index (χ1n) is 7.97. The number of amides is 1. The summed E-state index contributed by atoms with van der Waals surface area (Å²) in [4.78, 5) is 12.1. The minimum absolute atomic E-state index is 0.117. The Labute approximate surface area is 144 Å². The summed E-state index contributed by atoms with van der Waals surface area (Å²) in [6.07, 6.45) is 0.573. The van der Waals surface area contributed by atoms with Crippen LogP contribution in [0.1, 0.15) is 23.4 Å². The molecule has 0 saturated heterocycles. The normalized spacial score (nSPS) is 10.7. The monoisotopic (exact) mass is 339 g/mol. The maximum atomic E-state index is 12.9. The number of hydrogen-bond donors (Lipinski definition) is 1. The Morgan fingerprint density at radius 1 is 1.12 bits per heavy atom. The molecule has 5 nitrogen and oxygen atoms in total. The third-order valence-electron chi connectivity index (χ3n) is 3.78. The van der Waals surface area contributed by atoms with Crippen LogP contribution in [0.2, 0.25) is 0 Å². The Morgan fingerprint density at radius 2 is 1.88 bits per heavy atom. The fraction of sp³-hybridized carbons (Fsp3) is 0.211. The summed E-state index contributed by atoms with van der Waals surface area (Å²) in [7, 11) is 0. The van der Waals surface area contributed by atoms with Gasteiger partial charge in [-0.3, -0.25) is 4.79 Å². The minimum Gasteiger partial charge on any atom is -0.421 e. The summed E-state index contributed by atoms with van der Waals surface area (Å²) in [6, 6.07) is 11.7. The van der Waals surface area contributed by atoms with Gasteiger partial charge < -0.3 is 9.73 Å². The predicted octanol–water partition coefficient (Wildman–Crippen LogP) is 4.06. The predicted molar refractivity (Wildman–Crippen MR) is 92.6 cm³/mol. The lowest BCUT2D eigenvalue weighted by atomic mass is 10.1. The van der Waals surface area contributed by atoms with Crippen molar-refractivity contribution >= 4 is 11.6 Å². The van der Waals surface area contributed by atoms with E-state index in [0.717, 1.165) is 16.8 Å². The van der Waals surface area contributed by atoms with Crippen LogP contribution in [0.4, 0.5) is 10.1 Å². The minimum atomic E-state index is -0.327. The van der Waals surface area contributed by atoms with Gasteiger partial charge in [-0.15, -0.1) is 10.2 Å². The van der Waals surface area contributed by atoms with Gasteiger partial charge in [0.25, 0.3) is 0 Å². The third-order valence-corrected chi connectivity index (χ3v) is 3.78. The van der Waals surface area contributed by atoms with E-state index in [-0.39, 0.29) is 18.1 Å². The van der Waals surface area contributed by atoms with Gasteiger partial charge in [0, 0.05) is 24.1 Å². The summed E-state index contributed by atoms with van der Waals surface area (Å²) >= 11 is 0. The highest BCUT2D eigenvalue weighted by Gasteiger charge is 2.11. The Morgan fingerprint density at radius 3 is 2.60 bits per heavy atom. The second-order valence-electron chi connectivity index (χ2n) is 5.87. The van der Waals surface area contributed by atoms with E-state index in [4.69, 9.17) is 4.42 Å². The number of nitrogens with zero attached hydrogens (tertiary/aromatic N) is 2. The van der Waals surface area contributed by atoms with E-state index in [1.54, 1.807) is 12.1 Å². The van der Waals surface area contributed by atoms with Crippen molar-refractivity contribution in [3.05, 3.63) is 65.3 Å². The van der Waals surface area contributed by atoms with Crippen LogP contribution in [-0.2, 0) is 11.2 Å². The smallest absolute Gasteiger partial charge is 0.247 e. The van der Waals surface area contributed by atoms with Crippen molar-refractivity contribution in [2.45, 2.75) is 26.7 Å². The number of carbonyl (C=O) groups is 1. The molecule has 0 spiro atoms. The second-order valence-corrected chi connectivity index (χ2v) is 5.87. The van der Waals surface area contributed by atoms with Gasteiger partial charge in [0.15, 0.2) is 0 Å². The molecule has 0 fully saturated rings. The van der Waals surface area contributed by atoms with E-state index >= 15 is 0 Å². The first-order valence-corrected chi connectivity index (χ1v) is 7.97. The van der Waals surface area contributed by atoms with Gasteiger partial charge in [0.05, 0.1) is 0 Å². The molecular formula is C19H18FN3O2. The summed E-state index contributed by atoms with van der Waals surface area (Å²) in [5.74, 6) is 0.236. The quantitative estimate of drug-likeness (QED) is 0.761. The second kappa shape index (κ2) is 7.25. The van der Waals surface area contributed by atoms with Crippen molar-refractivity contribution in [3.63, 3.8) is 0 Å². The van der Waals surface area contributed by atoms with Crippen LogP contribution >= 0.6 is 0 Å². The summed E-state index contributed by atoms with van der Waals surface area (Å²) in [5.41, 5.74) is 3.60. The van der Waals surface area contributed by atoms with Gasteiger partial charge >= 0.3 is 0 Å². The number of benzene rings is 2. The highest BCUT2D eigenvalue weighted by atomic mass is 19.1. The lowest BCUT2D eigenvalue weighted by Crippen LogP contribution is -2.13. The summed E-state index contributed by atoms with van der Waals surface area (Å²) in [5, 5.41) is 10.7. The first kappa shape index (κ1) is 16.8. The van der Waals surface area contributed by atoms with Crippen molar-refractivity contribution in [1.82, 2.24) is 10.2 Å². The standard InChI is InChI=1S/C19H18FN3O2/c1-12-3-8-16(13(2)11-12)21-17(24)9-10-18-22-23-19(25-18)14-4-6-15(20)7-5-14/h3-8,11H,9-10H2,1-2H3,(H,21,24). The van der Waals surface area contributed by atoms with Gasteiger partial charge in [-0.25, -0.2) is 4.39 Å². The summed E-state index contributed by atoms with van der Waals surface area (Å²) < 4.78 is 18.5. The molecule has 0 unspecified atom stereocenters. The molecule has 1 N–H and O–H groups in total. The van der Waals surface area contributed by atoms with Gasteiger partial charge in [0.1, 0.15) is 5.82 Å². The van der Waals surface area contributed by atoms with Crippen molar-refractivity contribution in [3.8, 4) is 11.5 Å². The molecular weight excluding hydrogens is 321 g/mol. The van der Waals surface area contributed by atoms with Crippen molar-refractivity contribution < 1.29 is 13.6 Å². The van der Waals surface area contributed by atoms with Crippen LogP contribution in [0.5, 0.6) is 0 Å². The molecule has 1 amide bonds. The Balaban J connectivity index is 1.58. The first-order chi connectivity index (χ1) is 12.0. The average Bonchev–Trinajstić information content (AvgIpc) is 3.05. The molecule has 1 aromatic heterocycles. The van der Waals surface area contributed by atoms with E-state index in [2.05, 4.69) is 15.5 Å². The Hall–Kier alpha value is -3.02. The van der Waals surface area contributed by atoms with E-state index < -0.39 is 0 Å². The maximum absolute atomic E-state index is 12.9. The van der Waals surface area contributed by atoms with Crippen LogP contribution in [0.15, 0.2) is 46.9 Å². The number of rotatable bonds is 5. The van der Waals surface area contributed by atoms with Crippen LogP contribution in [0.3, 0.4) is 0 Å². The van der Waals surface area contributed by atoms with Crippen molar-refractivity contribution in [2.75, 3.05) is 5.32 Å². The fourth-order valence-corrected chi connectivity index (χ4v) is 2.45. The topological polar surface area (TPSA) is 68.0 Å². The molecule has 25 heavy (non-hydrogen) atoms. The zero-order valence-electron chi connectivity index (χ0n) is 14.0. The number of aryl methyl sites for hydroxylation is 3. The lowest BCUT2D eigenvalue weighted by molar-refractivity contribution is -0.116. The Kier molecular flexibility index (Phi) is 4.88. The van der Waals surface area contributed by atoms with Gasteiger partial charge in [-0.2, -0.15) is 0 Å². The van der Waals surface area contributed by atoms with E-state index in [1.165, 1.54) is 12.1 Å². The molecule has 0 aliphatic heterocycles. The molecule has 2 aromatic carbocycles. The van der Waals surface area contributed by atoms with E-state index in [9.17, 15) is 9.18 Å².